The summed E-state index contributed by atoms with van der Waals surface area (Å²) in [4.78, 5) is 35.8. The minimum atomic E-state index is -3.76. The largest absolute Gasteiger partial charge is 0.350 e. The first-order valence-corrected chi connectivity index (χ1v) is 10.7. The van der Waals surface area contributed by atoms with Gasteiger partial charge in [-0.2, -0.15) is 0 Å². The third-order valence-electron chi connectivity index (χ3n) is 4.77. The van der Waals surface area contributed by atoms with Crippen molar-refractivity contribution >= 4 is 26.7 Å². The number of nitrogens with one attached hydrogen (secondary N) is 2. The van der Waals surface area contributed by atoms with E-state index in [1.165, 1.54) is 30.8 Å². The Hall–Kier alpha value is -3.24. The minimum absolute atomic E-state index is 0.0158. The van der Waals surface area contributed by atoms with Crippen molar-refractivity contribution in [1.29, 1.82) is 0 Å². The van der Waals surface area contributed by atoms with Gasteiger partial charge >= 0.3 is 5.69 Å². The van der Waals surface area contributed by atoms with E-state index in [0.29, 0.717) is 5.69 Å². The number of hydrogen-bond donors (Lipinski definition) is 2. The maximum absolute atomic E-state index is 12.5. The molecule has 0 spiro atoms. The molecule has 30 heavy (non-hydrogen) atoms. The zero-order valence-electron chi connectivity index (χ0n) is 16.6. The van der Waals surface area contributed by atoms with Gasteiger partial charge in [0.05, 0.1) is 11.4 Å². The van der Waals surface area contributed by atoms with E-state index in [1.54, 1.807) is 12.1 Å². The van der Waals surface area contributed by atoms with Crippen LogP contribution in [0.2, 0.25) is 0 Å². The van der Waals surface area contributed by atoms with Gasteiger partial charge in [0, 0.05) is 38.8 Å². The van der Waals surface area contributed by atoms with Crippen molar-refractivity contribution in [2.75, 3.05) is 6.54 Å². The van der Waals surface area contributed by atoms with Crippen molar-refractivity contribution in [2.45, 2.75) is 17.9 Å². The third-order valence-corrected chi connectivity index (χ3v) is 6.23. The number of carbonyl (C=O) groups is 1. The van der Waals surface area contributed by atoms with Gasteiger partial charge in [0.2, 0.25) is 15.9 Å². The second-order valence-corrected chi connectivity index (χ2v) is 8.57. The van der Waals surface area contributed by atoms with Crippen LogP contribution in [0.3, 0.4) is 0 Å². The lowest BCUT2D eigenvalue weighted by atomic mass is 10.1. The maximum Gasteiger partial charge on any atom is 0.330 e. The molecule has 2 N–H and O–H groups in total. The Kier molecular flexibility index (Phi) is 6.18. The number of aromatic nitrogens is 2. The van der Waals surface area contributed by atoms with E-state index >= 15 is 0 Å². The fourth-order valence-corrected chi connectivity index (χ4v) is 4.01. The highest BCUT2D eigenvalue weighted by Gasteiger charge is 2.15. The Morgan fingerprint density at radius 2 is 1.67 bits per heavy atom. The average Bonchev–Trinajstić information content (AvgIpc) is 2.73. The van der Waals surface area contributed by atoms with E-state index in [0.717, 1.165) is 15.3 Å². The van der Waals surface area contributed by atoms with Crippen LogP contribution in [0.4, 0.5) is 0 Å². The quantitative estimate of drug-likeness (QED) is 0.556. The number of nitrogens with zero attached hydrogens (tertiary/aromatic N) is 2. The van der Waals surface area contributed by atoms with Gasteiger partial charge in [-0.05, 0) is 22.9 Å². The van der Waals surface area contributed by atoms with E-state index in [2.05, 4.69) is 10.0 Å². The molecule has 0 unspecified atom stereocenters. The van der Waals surface area contributed by atoms with Crippen LogP contribution in [0.1, 0.15) is 12.1 Å². The maximum atomic E-state index is 12.5. The van der Waals surface area contributed by atoms with Crippen LogP contribution in [0, 0.1) is 0 Å². The molecule has 1 amide bonds. The van der Waals surface area contributed by atoms with Crippen molar-refractivity contribution in [3.05, 3.63) is 75.1 Å². The molecule has 0 fully saturated rings. The van der Waals surface area contributed by atoms with Crippen molar-refractivity contribution in [1.82, 2.24) is 19.2 Å². The van der Waals surface area contributed by atoms with Crippen molar-refractivity contribution < 1.29 is 13.2 Å². The van der Waals surface area contributed by atoms with Crippen LogP contribution in [0.25, 0.3) is 10.8 Å². The molecule has 0 atom stereocenters. The van der Waals surface area contributed by atoms with Crippen LogP contribution >= 0.6 is 0 Å². The monoisotopic (exact) mass is 430 g/mol. The Morgan fingerprint density at radius 3 is 2.40 bits per heavy atom. The summed E-state index contributed by atoms with van der Waals surface area (Å²) in [7, 11) is -0.886. The normalized spacial score (nSPS) is 11.5. The van der Waals surface area contributed by atoms with Gasteiger partial charge in [0.25, 0.3) is 5.56 Å². The molecule has 3 aromatic rings. The number of hydrogen-bond acceptors (Lipinski definition) is 5. The summed E-state index contributed by atoms with van der Waals surface area (Å²) in [5, 5.41) is 4.32. The number of rotatable bonds is 7. The zero-order chi connectivity index (χ0) is 21.9. The summed E-state index contributed by atoms with van der Waals surface area (Å²) in [6.45, 7) is -0.103. The summed E-state index contributed by atoms with van der Waals surface area (Å²) < 4.78 is 29.6. The summed E-state index contributed by atoms with van der Waals surface area (Å²) in [5.74, 6) is -0.413. The fourth-order valence-electron chi connectivity index (χ4n) is 2.94. The van der Waals surface area contributed by atoms with Gasteiger partial charge < -0.3 is 5.32 Å². The molecule has 0 aliphatic carbocycles. The van der Waals surface area contributed by atoms with E-state index in [1.807, 2.05) is 24.3 Å². The number of benzene rings is 2. The lowest BCUT2D eigenvalue weighted by Gasteiger charge is -2.11. The van der Waals surface area contributed by atoms with Gasteiger partial charge in [-0.1, -0.05) is 30.3 Å². The average molecular weight is 430 g/mol. The van der Waals surface area contributed by atoms with Gasteiger partial charge in [-0.3, -0.25) is 18.7 Å². The summed E-state index contributed by atoms with van der Waals surface area (Å²) >= 11 is 0. The molecule has 2 aromatic carbocycles. The molecule has 3 rings (SSSR count). The van der Waals surface area contributed by atoms with Crippen LogP contribution in [0.15, 0.2) is 63.0 Å². The SMILES string of the molecule is Cn1c(CNC(=O)CCNS(=O)(=O)c2ccc3ccccc3c2)cc(=O)n(C)c1=O. The smallest absolute Gasteiger partial charge is 0.330 e. The Morgan fingerprint density at radius 1 is 0.967 bits per heavy atom. The van der Waals surface area contributed by atoms with E-state index in [9.17, 15) is 22.8 Å². The van der Waals surface area contributed by atoms with Gasteiger partial charge in [0.1, 0.15) is 0 Å². The Balaban J connectivity index is 1.57. The van der Waals surface area contributed by atoms with E-state index < -0.39 is 27.2 Å². The fraction of sp³-hybridized carbons (Fsp3) is 0.250. The van der Waals surface area contributed by atoms with E-state index in [4.69, 9.17) is 0 Å². The summed E-state index contributed by atoms with van der Waals surface area (Å²) in [5.41, 5.74) is -0.603. The first kappa shape index (κ1) is 21.5. The minimum Gasteiger partial charge on any atom is -0.350 e. The van der Waals surface area contributed by atoms with Crippen molar-refractivity contribution in [3.63, 3.8) is 0 Å². The first-order valence-electron chi connectivity index (χ1n) is 9.20. The van der Waals surface area contributed by atoms with E-state index in [-0.39, 0.29) is 24.4 Å². The zero-order valence-corrected chi connectivity index (χ0v) is 17.4. The van der Waals surface area contributed by atoms with Gasteiger partial charge in [-0.15, -0.1) is 0 Å². The second-order valence-electron chi connectivity index (χ2n) is 6.81. The molecule has 9 nitrogen and oxygen atoms in total. The highest BCUT2D eigenvalue weighted by molar-refractivity contribution is 7.89. The van der Waals surface area contributed by atoms with Crippen molar-refractivity contribution in [2.24, 2.45) is 14.1 Å². The predicted octanol–water partition coefficient (Wildman–Crippen LogP) is 0.222. The molecule has 0 saturated carbocycles. The Labute approximate surface area is 173 Å². The molecule has 158 valence electrons. The molecule has 1 heterocycles. The first-order chi connectivity index (χ1) is 14.2. The van der Waals surface area contributed by atoms with Gasteiger partial charge in [-0.25, -0.2) is 17.9 Å². The number of fused-ring (bicyclic) bond motifs is 1. The standard InChI is InChI=1S/C20H22N4O5S/c1-23-16(12-19(26)24(2)20(23)27)13-21-18(25)9-10-22-30(28,29)17-8-7-14-5-3-4-6-15(14)11-17/h3-8,11-12,22H,9-10,13H2,1-2H3,(H,21,25). The molecule has 0 saturated heterocycles. The molecule has 0 radical (unpaired) electrons. The lowest BCUT2D eigenvalue weighted by Crippen LogP contribution is -2.39. The lowest BCUT2D eigenvalue weighted by molar-refractivity contribution is -0.121. The molecule has 1 aromatic heterocycles. The highest BCUT2D eigenvalue weighted by Crippen LogP contribution is 2.18. The molecule has 10 heteroatoms. The summed E-state index contributed by atoms with van der Waals surface area (Å²) in [6.07, 6.45) is -0.0917. The number of carbonyl (C=O) groups excluding carboxylic acids is 1. The Bertz CT molecular complexity index is 1330. The van der Waals surface area contributed by atoms with Crippen LogP contribution in [-0.4, -0.2) is 30.0 Å². The van der Waals surface area contributed by atoms with Crippen LogP contribution in [0.5, 0.6) is 0 Å². The summed E-state index contributed by atoms with van der Waals surface area (Å²) in [6, 6.07) is 13.5. The number of amides is 1. The number of sulfonamides is 1. The van der Waals surface area contributed by atoms with Crippen LogP contribution < -0.4 is 21.3 Å². The molecule has 0 bridgehead atoms. The van der Waals surface area contributed by atoms with Crippen LogP contribution in [-0.2, 0) is 35.5 Å². The highest BCUT2D eigenvalue weighted by atomic mass is 32.2. The molecule has 0 aliphatic rings. The van der Waals surface area contributed by atoms with Gasteiger partial charge in [0.15, 0.2) is 0 Å². The molecular formula is C20H22N4O5S. The third kappa shape index (κ3) is 4.66. The molecule has 0 aliphatic heterocycles. The predicted molar refractivity (Wildman–Crippen MR) is 113 cm³/mol. The topological polar surface area (TPSA) is 119 Å². The van der Waals surface area contributed by atoms with Crippen molar-refractivity contribution in [3.8, 4) is 0 Å². The molecular weight excluding hydrogens is 408 g/mol. The second kappa shape index (κ2) is 8.64.